The van der Waals surface area contributed by atoms with Crippen LogP contribution in [-0.2, 0) is 0 Å². The van der Waals surface area contributed by atoms with Gasteiger partial charge in [0.25, 0.3) is 0 Å². The molecule has 2 nitrogen and oxygen atoms in total. The molecule has 0 spiro atoms. The van der Waals surface area contributed by atoms with Gasteiger partial charge >= 0.3 is 6.36 Å². The summed E-state index contributed by atoms with van der Waals surface area (Å²) in [5, 5.41) is 0. The van der Waals surface area contributed by atoms with E-state index in [1.165, 1.54) is 18.2 Å². The molecule has 0 saturated heterocycles. The molecule has 0 bridgehead atoms. The highest BCUT2D eigenvalue weighted by molar-refractivity contribution is 5.36. The lowest BCUT2D eigenvalue weighted by molar-refractivity contribution is -0.275. The Balaban J connectivity index is 2.95. The lowest BCUT2D eigenvalue weighted by Crippen LogP contribution is -2.20. The van der Waals surface area contributed by atoms with Gasteiger partial charge in [0.2, 0.25) is 0 Å². The average Bonchev–Trinajstić information content (AvgIpc) is 2.14. The number of hydrogen-bond donors (Lipinski definition) is 1. The van der Waals surface area contributed by atoms with Crippen molar-refractivity contribution in [3.8, 4) is 5.75 Å². The number of rotatable bonds is 4. The number of alkyl halides is 3. The Labute approximate surface area is 97.9 Å². The van der Waals surface area contributed by atoms with Crippen LogP contribution in [-0.4, -0.2) is 6.36 Å². The minimum absolute atomic E-state index is 0.256. The SMILES string of the molecule is C=C(C)C[C@@H](N)c1ccccc1OC(F)(F)F. The summed E-state index contributed by atoms with van der Waals surface area (Å²) in [6.45, 7) is 5.45. The third kappa shape index (κ3) is 4.48. The molecule has 1 aromatic carbocycles. The van der Waals surface area contributed by atoms with Crippen LogP contribution in [0.15, 0.2) is 36.4 Å². The van der Waals surface area contributed by atoms with E-state index in [1.54, 1.807) is 13.0 Å². The molecule has 0 saturated carbocycles. The molecule has 1 rings (SSSR count). The second kappa shape index (κ2) is 5.23. The van der Waals surface area contributed by atoms with Gasteiger partial charge in [-0.2, -0.15) is 0 Å². The maximum atomic E-state index is 12.2. The van der Waals surface area contributed by atoms with Crippen LogP contribution in [0.4, 0.5) is 13.2 Å². The Kier molecular flexibility index (Phi) is 4.17. The second-order valence-electron chi connectivity index (χ2n) is 3.85. The lowest BCUT2D eigenvalue weighted by atomic mass is 10.0. The van der Waals surface area contributed by atoms with Crippen LogP contribution in [0.5, 0.6) is 5.75 Å². The molecule has 0 radical (unpaired) electrons. The molecule has 5 heteroatoms. The number of halogens is 3. The van der Waals surface area contributed by atoms with E-state index >= 15 is 0 Å². The Bertz CT molecular complexity index is 401. The highest BCUT2D eigenvalue weighted by atomic mass is 19.4. The van der Waals surface area contributed by atoms with Gasteiger partial charge in [0, 0.05) is 11.6 Å². The Morgan fingerprint density at radius 1 is 1.41 bits per heavy atom. The third-order valence-corrected chi connectivity index (χ3v) is 2.11. The van der Waals surface area contributed by atoms with Gasteiger partial charge in [0.1, 0.15) is 5.75 Å². The largest absolute Gasteiger partial charge is 0.573 e. The molecular formula is C12H14F3NO. The Hall–Kier alpha value is -1.49. The second-order valence-corrected chi connectivity index (χ2v) is 3.85. The first-order valence-electron chi connectivity index (χ1n) is 5.04. The Morgan fingerprint density at radius 2 is 2.00 bits per heavy atom. The molecule has 0 aliphatic heterocycles. The first-order valence-corrected chi connectivity index (χ1v) is 5.04. The smallest absolute Gasteiger partial charge is 0.405 e. The van der Waals surface area contributed by atoms with E-state index < -0.39 is 12.4 Å². The highest BCUT2D eigenvalue weighted by Crippen LogP contribution is 2.31. The van der Waals surface area contributed by atoms with Crippen molar-refractivity contribution in [2.24, 2.45) is 5.73 Å². The number of ether oxygens (including phenoxy) is 1. The zero-order chi connectivity index (χ0) is 13.1. The van der Waals surface area contributed by atoms with Crippen molar-refractivity contribution in [3.05, 3.63) is 42.0 Å². The molecule has 0 heterocycles. The number of benzene rings is 1. The van der Waals surface area contributed by atoms with E-state index in [9.17, 15) is 13.2 Å². The van der Waals surface area contributed by atoms with Crippen molar-refractivity contribution in [3.63, 3.8) is 0 Å². The number of hydrogen-bond acceptors (Lipinski definition) is 2. The van der Waals surface area contributed by atoms with Gasteiger partial charge in [0.05, 0.1) is 0 Å². The fourth-order valence-corrected chi connectivity index (χ4v) is 1.49. The summed E-state index contributed by atoms with van der Waals surface area (Å²) in [6.07, 6.45) is -4.29. The molecule has 0 amide bonds. The maximum Gasteiger partial charge on any atom is 0.573 e. The quantitative estimate of drug-likeness (QED) is 0.823. The molecule has 2 N–H and O–H groups in total. The van der Waals surface area contributed by atoms with Crippen molar-refractivity contribution in [2.45, 2.75) is 25.7 Å². The van der Waals surface area contributed by atoms with E-state index in [-0.39, 0.29) is 5.75 Å². The van der Waals surface area contributed by atoms with E-state index in [2.05, 4.69) is 11.3 Å². The zero-order valence-corrected chi connectivity index (χ0v) is 9.42. The van der Waals surface area contributed by atoms with Gasteiger partial charge in [-0.25, -0.2) is 0 Å². The van der Waals surface area contributed by atoms with E-state index in [4.69, 9.17) is 5.73 Å². The van der Waals surface area contributed by atoms with Gasteiger partial charge in [0.15, 0.2) is 0 Å². The van der Waals surface area contributed by atoms with Crippen molar-refractivity contribution in [2.75, 3.05) is 0 Å². The van der Waals surface area contributed by atoms with E-state index in [0.29, 0.717) is 12.0 Å². The number of nitrogens with two attached hydrogens (primary N) is 1. The fourth-order valence-electron chi connectivity index (χ4n) is 1.49. The topological polar surface area (TPSA) is 35.2 Å². The molecule has 17 heavy (non-hydrogen) atoms. The molecule has 0 aliphatic rings. The molecule has 94 valence electrons. The van der Waals surface area contributed by atoms with Crippen LogP contribution >= 0.6 is 0 Å². The summed E-state index contributed by atoms with van der Waals surface area (Å²) < 4.78 is 40.4. The molecule has 0 fully saturated rings. The highest BCUT2D eigenvalue weighted by Gasteiger charge is 2.32. The molecule has 0 aliphatic carbocycles. The lowest BCUT2D eigenvalue weighted by Gasteiger charge is -2.17. The summed E-state index contributed by atoms with van der Waals surface area (Å²) in [5.74, 6) is -0.256. The van der Waals surface area contributed by atoms with Crippen LogP contribution in [0.1, 0.15) is 24.9 Å². The first-order chi connectivity index (χ1) is 7.79. The van der Waals surface area contributed by atoms with E-state index in [0.717, 1.165) is 5.57 Å². The molecule has 1 atom stereocenters. The van der Waals surface area contributed by atoms with E-state index in [1.807, 2.05) is 0 Å². The van der Waals surface area contributed by atoms with Crippen molar-refractivity contribution in [1.82, 2.24) is 0 Å². The summed E-state index contributed by atoms with van der Waals surface area (Å²) in [5.41, 5.74) is 6.94. The van der Waals surface area contributed by atoms with Crippen molar-refractivity contribution < 1.29 is 17.9 Å². The van der Waals surface area contributed by atoms with Crippen molar-refractivity contribution in [1.29, 1.82) is 0 Å². The van der Waals surface area contributed by atoms with Crippen molar-refractivity contribution >= 4 is 0 Å². The summed E-state index contributed by atoms with van der Waals surface area (Å²) in [4.78, 5) is 0. The van der Waals surface area contributed by atoms with Gasteiger partial charge in [-0.1, -0.05) is 23.8 Å². The van der Waals surface area contributed by atoms with Gasteiger partial charge in [-0.05, 0) is 19.4 Å². The predicted octanol–water partition coefficient (Wildman–Crippen LogP) is 3.55. The zero-order valence-electron chi connectivity index (χ0n) is 9.42. The van der Waals surface area contributed by atoms with Crippen LogP contribution < -0.4 is 10.5 Å². The summed E-state index contributed by atoms with van der Waals surface area (Å²) in [6, 6.07) is 5.32. The van der Waals surface area contributed by atoms with Crippen LogP contribution in [0, 0.1) is 0 Å². The molecule has 1 aromatic rings. The molecular weight excluding hydrogens is 231 g/mol. The average molecular weight is 245 g/mol. The number of para-hydroxylation sites is 1. The molecule has 0 unspecified atom stereocenters. The predicted molar refractivity (Wildman–Crippen MR) is 59.5 cm³/mol. The first kappa shape index (κ1) is 13.6. The van der Waals surface area contributed by atoms with Crippen LogP contribution in [0.25, 0.3) is 0 Å². The monoisotopic (exact) mass is 245 g/mol. The minimum Gasteiger partial charge on any atom is -0.405 e. The summed E-state index contributed by atoms with van der Waals surface area (Å²) in [7, 11) is 0. The maximum absolute atomic E-state index is 12.2. The van der Waals surface area contributed by atoms with Gasteiger partial charge < -0.3 is 10.5 Å². The van der Waals surface area contributed by atoms with Gasteiger partial charge in [-0.3, -0.25) is 0 Å². The summed E-state index contributed by atoms with van der Waals surface area (Å²) >= 11 is 0. The van der Waals surface area contributed by atoms with Crippen LogP contribution in [0.2, 0.25) is 0 Å². The fraction of sp³-hybridized carbons (Fsp3) is 0.333. The standard InChI is InChI=1S/C12H14F3NO/c1-8(2)7-10(16)9-5-3-4-6-11(9)17-12(13,14)15/h3-6,10H,1,7,16H2,2H3/t10-/m1/s1. The Morgan fingerprint density at radius 3 is 2.53 bits per heavy atom. The van der Waals surface area contributed by atoms with Crippen LogP contribution in [0.3, 0.4) is 0 Å². The minimum atomic E-state index is -4.71. The third-order valence-electron chi connectivity index (χ3n) is 2.11. The normalized spacial score (nSPS) is 13.2. The molecule has 0 aromatic heterocycles. The van der Waals surface area contributed by atoms with Gasteiger partial charge in [-0.15, -0.1) is 19.8 Å².